The number of likely N-dealkylation sites (N-methyl/N-ethyl adjacent to an activating group) is 1. The van der Waals surface area contributed by atoms with Gasteiger partial charge in [-0.25, -0.2) is 8.42 Å². The van der Waals surface area contributed by atoms with E-state index in [0.717, 1.165) is 0 Å². The molecule has 1 heterocycles. The lowest BCUT2D eigenvalue weighted by molar-refractivity contribution is 0.312. The van der Waals surface area contributed by atoms with Gasteiger partial charge in [0.2, 0.25) is 10.0 Å². The first-order valence-electron chi connectivity index (χ1n) is 7.01. The lowest BCUT2D eigenvalue weighted by Crippen LogP contribution is -2.39. The lowest BCUT2D eigenvalue weighted by atomic mass is 10.2. The van der Waals surface area contributed by atoms with E-state index >= 15 is 0 Å². The number of nitrogens with zero attached hydrogens (tertiary/aromatic N) is 4. The summed E-state index contributed by atoms with van der Waals surface area (Å²) < 4.78 is 28.8. The first-order chi connectivity index (χ1) is 9.57. The average Bonchev–Trinajstić information content (AvgIpc) is 2.58. The summed E-state index contributed by atoms with van der Waals surface area (Å²) in [5.41, 5.74) is 6.37. The van der Waals surface area contributed by atoms with Gasteiger partial charge in [-0.1, -0.05) is 13.8 Å². The van der Waals surface area contributed by atoms with Crippen molar-refractivity contribution in [2.24, 2.45) is 13.0 Å². The lowest BCUT2D eigenvalue weighted by Gasteiger charge is -2.25. The van der Waals surface area contributed by atoms with Gasteiger partial charge in [-0.15, -0.1) is 0 Å². The highest BCUT2D eigenvalue weighted by Crippen LogP contribution is 2.25. The van der Waals surface area contributed by atoms with Crippen LogP contribution >= 0.6 is 0 Å². The summed E-state index contributed by atoms with van der Waals surface area (Å²) in [6.07, 6.45) is 0. The number of aryl methyl sites for hydroxylation is 1. The molecule has 0 fully saturated rings. The second-order valence-electron chi connectivity index (χ2n) is 5.98. The molecule has 1 aromatic rings. The molecule has 8 heteroatoms. The zero-order chi connectivity index (χ0) is 16.4. The van der Waals surface area contributed by atoms with E-state index in [2.05, 4.69) is 5.10 Å². The van der Waals surface area contributed by atoms with Crippen molar-refractivity contribution in [2.75, 3.05) is 39.5 Å². The molecule has 0 aliphatic rings. The minimum absolute atomic E-state index is 0.0635. The molecule has 0 aliphatic heterocycles. The third-order valence-electron chi connectivity index (χ3n) is 3.27. The smallest absolute Gasteiger partial charge is 0.248 e. The van der Waals surface area contributed by atoms with Gasteiger partial charge in [-0.2, -0.15) is 9.40 Å². The fourth-order valence-electron chi connectivity index (χ4n) is 2.09. The number of nitrogen functional groups attached to an aromatic ring is 1. The van der Waals surface area contributed by atoms with E-state index in [4.69, 9.17) is 5.73 Å². The largest absolute Gasteiger partial charge is 0.381 e. The highest BCUT2D eigenvalue weighted by molar-refractivity contribution is 7.89. The number of nitrogens with two attached hydrogens (primary N) is 1. The molecule has 0 unspecified atom stereocenters. The first-order valence-corrected chi connectivity index (χ1v) is 8.45. The van der Waals surface area contributed by atoms with Crippen molar-refractivity contribution in [1.29, 1.82) is 0 Å². The number of sulfonamides is 1. The minimum Gasteiger partial charge on any atom is -0.381 e. The molecule has 7 nitrogen and oxygen atoms in total. The quantitative estimate of drug-likeness (QED) is 0.792. The van der Waals surface area contributed by atoms with Crippen molar-refractivity contribution in [3.05, 3.63) is 5.69 Å². The van der Waals surface area contributed by atoms with Crippen molar-refractivity contribution < 1.29 is 8.42 Å². The fourth-order valence-corrected chi connectivity index (χ4v) is 3.98. The molecular weight excluding hydrogens is 290 g/mol. The predicted octanol–water partition coefficient (Wildman–Crippen LogP) is 0.519. The Kier molecular flexibility index (Phi) is 5.77. The molecule has 0 saturated carbocycles. The maximum Gasteiger partial charge on any atom is 0.248 e. The molecule has 0 saturated heterocycles. The summed E-state index contributed by atoms with van der Waals surface area (Å²) in [6, 6.07) is 0. The van der Waals surface area contributed by atoms with E-state index in [-0.39, 0.29) is 16.6 Å². The maximum atomic E-state index is 12.9. The highest BCUT2D eigenvalue weighted by atomic mass is 32.2. The Bertz CT molecular complexity index is 578. The van der Waals surface area contributed by atoms with Gasteiger partial charge in [0, 0.05) is 26.7 Å². The topological polar surface area (TPSA) is 84.5 Å². The van der Waals surface area contributed by atoms with E-state index in [1.807, 2.05) is 32.8 Å². The third-order valence-corrected chi connectivity index (χ3v) is 5.30. The highest BCUT2D eigenvalue weighted by Gasteiger charge is 2.31. The van der Waals surface area contributed by atoms with Crippen LogP contribution in [0.15, 0.2) is 4.90 Å². The van der Waals surface area contributed by atoms with Crippen LogP contribution in [-0.2, 0) is 17.1 Å². The van der Waals surface area contributed by atoms with Crippen molar-refractivity contribution in [3.63, 3.8) is 0 Å². The number of rotatable bonds is 7. The summed E-state index contributed by atoms with van der Waals surface area (Å²) in [6.45, 7) is 7.27. The summed E-state index contributed by atoms with van der Waals surface area (Å²) in [4.78, 5) is 2.09. The van der Waals surface area contributed by atoms with Gasteiger partial charge >= 0.3 is 0 Å². The van der Waals surface area contributed by atoms with E-state index in [1.54, 1.807) is 14.0 Å². The van der Waals surface area contributed by atoms with E-state index in [0.29, 0.717) is 25.3 Å². The van der Waals surface area contributed by atoms with Crippen LogP contribution in [0, 0.1) is 12.8 Å². The van der Waals surface area contributed by atoms with Gasteiger partial charge in [-0.05, 0) is 26.9 Å². The Morgan fingerprint density at radius 2 is 1.86 bits per heavy atom. The molecule has 0 aromatic carbocycles. The van der Waals surface area contributed by atoms with Crippen LogP contribution in [0.25, 0.3) is 0 Å². The van der Waals surface area contributed by atoms with Crippen LogP contribution in [0.1, 0.15) is 19.5 Å². The fraction of sp³-hybridized carbons (Fsp3) is 0.769. The van der Waals surface area contributed by atoms with E-state index < -0.39 is 10.0 Å². The van der Waals surface area contributed by atoms with Crippen LogP contribution in [0.5, 0.6) is 0 Å². The predicted molar refractivity (Wildman–Crippen MR) is 84.5 cm³/mol. The van der Waals surface area contributed by atoms with Gasteiger partial charge in [0.15, 0.2) is 5.82 Å². The van der Waals surface area contributed by atoms with Crippen LogP contribution in [-0.4, -0.2) is 61.1 Å². The Balaban J connectivity index is 3.20. The molecule has 1 aromatic heterocycles. The molecule has 0 aliphatic carbocycles. The zero-order valence-electron chi connectivity index (χ0n) is 13.8. The Morgan fingerprint density at radius 3 is 2.24 bits per heavy atom. The van der Waals surface area contributed by atoms with Crippen LogP contribution < -0.4 is 5.73 Å². The average molecular weight is 317 g/mol. The van der Waals surface area contributed by atoms with Crippen molar-refractivity contribution in [1.82, 2.24) is 19.0 Å². The summed E-state index contributed by atoms with van der Waals surface area (Å²) in [5.74, 6) is 0.300. The molecule has 0 spiro atoms. The summed E-state index contributed by atoms with van der Waals surface area (Å²) >= 11 is 0. The summed E-state index contributed by atoms with van der Waals surface area (Å²) in [7, 11) is 1.90. The maximum absolute atomic E-state index is 12.9. The number of hydrogen-bond acceptors (Lipinski definition) is 5. The van der Waals surface area contributed by atoms with Gasteiger partial charge in [-0.3, -0.25) is 4.68 Å². The standard InChI is InChI=1S/C13H27N5O2S/c1-10(2)9-18(8-7-16(4)5)21(19,20)12-11(3)17(6)15-13(12)14/h10H,7-9H2,1-6H3,(H2,14,15). The van der Waals surface area contributed by atoms with Crippen LogP contribution in [0.3, 0.4) is 0 Å². The molecule has 0 atom stereocenters. The second kappa shape index (κ2) is 6.76. The van der Waals surface area contributed by atoms with E-state index in [9.17, 15) is 8.42 Å². The minimum atomic E-state index is -3.63. The van der Waals surface area contributed by atoms with Crippen molar-refractivity contribution >= 4 is 15.8 Å². The van der Waals surface area contributed by atoms with E-state index in [1.165, 1.54) is 8.99 Å². The van der Waals surface area contributed by atoms with Gasteiger partial charge < -0.3 is 10.6 Å². The molecule has 122 valence electrons. The Morgan fingerprint density at radius 1 is 1.29 bits per heavy atom. The molecule has 0 radical (unpaired) electrons. The number of aromatic nitrogens is 2. The summed E-state index contributed by atoms with van der Waals surface area (Å²) in [5, 5.41) is 4.01. The van der Waals surface area contributed by atoms with Crippen LogP contribution in [0.2, 0.25) is 0 Å². The second-order valence-corrected chi connectivity index (χ2v) is 7.86. The molecular formula is C13H27N5O2S. The first kappa shape index (κ1) is 17.9. The number of anilines is 1. The van der Waals surface area contributed by atoms with Gasteiger partial charge in [0.1, 0.15) is 4.90 Å². The molecule has 2 N–H and O–H groups in total. The number of hydrogen-bond donors (Lipinski definition) is 1. The Hall–Kier alpha value is -1.12. The molecule has 0 bridgehead atoms. The SMILES string of the molecule is Cc1c(S(=O)(=O)N(CCN(C)C)CC(C)C)c(N)nn1C. The Labute approximate surface area is 127 Å². The normalized spacial score (nSPS) is 12.8. The van der Waals surface area contributed by atoms with Gasteiger partial charge in [0.05, 0.1) is 5.69 Å². The van der Waals surface area contributed by atoms with Gasteiger partial charge in [0.25, 0.3) is 0 Å². The monoisotopic (exact) mass is 317 g/mol. The van der Waals surface area contributed by atoms with Crippen LogP contribution in [0.4, 0.5) is 5.82 Å². The molecule has 21 heavy (non-hydrogen) atoms. The molecule has 1 rings (SSSR count). The molecule has 0 amide bonds. The van der Waals surface area contributed by atoms with Crippen molar-refractivity contribution in [2.45, 2.75) is 25.7 Å². The third kappa shape index (κ3) is 4.18. The zero-order valence-corrected chi connectivity index (χ0v) is 14.6. The van der Waals surface area contributed by atoms with Crippen molar-refractivity contribution in [3.8, 4) is 0 Å².